The fraction of sp³-hybridized carbons (Fsp3) is 0.667. The first-order valence-electron chi connectivity index (χ1n) is 8.02. The van der Waals surface area contributed by atoms with Crippen molar-refractivity contribution in [1.29, 1.82) is 0 Å². The number of hydrogen-bond donors (Lipinski definition) is 1. The predicted molar refractivity (Wildman–Crippen MR) is 83.3 cm³/mol. The number of rotatable bonds is 4. The number of hydrogen-bond acceptors (Lipinski definition) is 1. The van der Waals surface area contributed by atoms with Crippen molar-refractivity contribution in [2.45, 2.75) is 70.8 Å². The van der Waals surface area contributed by atoms with Crippen LogP contribution in [0, 0.1) is 5.92 Å². The molecule has 1 atom stereocenters. The van der Waals surface area contributed by atoms with E-state index in [0.717, 1.165) is 5.92 Å². The molecule has 0 bridgehead atoms. The van der Waals surface area contributed by atoms with E-state index in [-0.39, 0.29) is 6.04 Å². The molecule has 1 aromatic rings. The van der Waals surface area contributed by atoms with Gasteiger partial charge in [0, 0.05) is 6.04 Å². The molecule has 2 rings (SSSR count). The lowest BCUT2D eigenvalue weighted by Gasteiger charge is -2.20. The Morgan fingerprint density at radius 3 is 2.00 bits per heavy atom. The van der Waals surface area contributed by atoms with Gasteiger partial charge in [0.1, 0.15) is 0 Å². The van der Waals surface area contributed by atoms with Gasteiger partial charge in [-0.15, -0.1) is 0 Å². The molecule has 2 N–H and O–H groups in total. The Balaban J connectivity index is 1.92. The molecule has 1 saturated carbocycles. The van der Waals surface area contributed by atoms with Crippen molar-refractivity contribution in [2.24, 2.45) is 11.7 Å². The molecule has 0 spiro atoms. The van der Waals surface area contributed by atoms with Crippen LogP contribution in [-0.4, -0.2) is 0 Å². The summed E-state index contributed by atoms with van der Waals surface area (Å²) in [5.74, 6) is 1.45. The second-order valence-corrected chi connectivity index (χ2v) is 6.52. The van der Waals surface area contributed by atoms with E-state index >= 15 is 0 Å². The van der Waals surface area contributed by atoms with Crippen LogP contribution in [0.2, 0.25) is 0 Å². The van der Waals surface area contributed by atoms with E-state index in [1.54, 1.807) is 0 Å². The van der Waals surface area contributed by atoms with Gasteiger partial charge in [0.15, 0.2) is 0 Å². The molecule has 1 aliphatic carbocycles. The maximum Gasteiger partial charge on any atom is 0.0297 e. The van der Waals surface area contributed by atoms with E-state index in [9.17, 15) is 0 Å². The van der Waals surface area contributed by atoms with E-state index in [2.05, 4.69) is 38.1 Å². The topological polar surface area (TPSA) is 26.0 Å². The van der Waals surface area contributed by atoms with Crippen LogP contribution in [0.15, 0.2) is 24.3 Å². The summed E-state index contributed by atoms with van der Waals surface area (Å²) in [4.78, 5) is 0. The third-order valence-corrected chi connectivity index (χ3v) is 4.59. The molecule has 1 unspecified atom stereocenters. The van der Waals surface area contributed by atoms with E-state index in [1.807, 2.05) is 0 Å². The Morgan fingerprint density at radius 1 is 0.947 bits per heavy atom. The lowest BCUT2D eigenvalue weighted by atomic mass is 9.89. The zero-order chi connectivity index (χ0) is 13.7. The van der Waals surface area contributed by atoms with Gasteiger partial charge in [0.05, 0.1) is 0 Å². The lowest BCUT2D eigenvalue weighted by Crippen LogP contribution is -2.15. The SMILES string of the molecule is CC(C)c1ccc(C(N)CC2CCCCCC2)cc1. The van der Waals surface area contributed by atoms with Gasteiger partial charge < -0.3 is 5.73 Å². The van der Waals surface area contributed by atoms with Crippen LogP contribution < -0.4 is 5.73 Å². The van der Waals surface area contributed by atoms with Gasteiger partial charge in [0.2, 0.25) is 0 Å². The first-order chi connectivity index (χ1) is 9.16. The van der Waals surface area contributed by atoms with Crippen LogP contribution in [-0.2, 0) is 0 Å². The molecule has 0 aliphatic heterocycles. The summed E-state index contributed by atoms with van der Waals surface area (Å²) in [6.07, 6.45) is 9.60. The third-order valence-electron chi connectivity index (χ3n) is 4.59. The van der Waals surface area contributed by atoms with E-state index in [4.69, 9.17) is 5.73 Å². The molecule has 0 radical (unpaired) electrons. The van der Waals surface area contributed by atoms with Crippen molar-refractivity contribution < 1.29 is 0 Å². The van der Waals surface area contributed by atoms with Crippen molar-refractivity contribution in [3.63, 3.8) is 0 Å². The maximum atomic E-state index is 6.40. The summed E-state index contributed by atoms with van der Waals surface area (Å²) >= 11 is 0. The van der Waals surface area contributed by atoms with Gasteiger partial charge in [-0.05, 0) is 29.4 Å². The minimum atomic E-state index is 0.226. The maximum absolute atomic E-state index is 6.40. The summed E-state index contributed by atoms with van der Waals surface area (Å²) in [5.41, 5.74) is 9.12. The number of nitrogens with two attached hydrogens (primary N) is 1. The van der Waals surface area contributed by atoms with Crippen molar-refractivity contribution in [2.75, 3.05) is 0 Å². The molecular formula is C18H29N. The van der Waals surface area contributed by atoms with Crippen LogP contribution in [0.4, 0.5) is 0 Å². The summed E-state index contributed by atoms with van der Waals surface area (Å²) in [6.45, 7) is 4.47. The Kier molecular flexibility index (Phi) is 5.45. The molecule has 0 saturated heterocycles. The molecule has 1 aromatic carbocycles. The van der Waals surface area contributed by atoms with E-state index < -0.39 is 0 Å². The molecule has 0 aromatic heterocycles. The highest BCUT2D eigenvalue weighted by molar-refractivity contribution is 5.26. The Labute approximate surface area is 118 Å². The Bertz CT molecular complexity index is 358. The van der Waals surface area contributed by atoms with Gasteiger partial charge >= 0.3 is 0 Å². The molecule has 1 aliphatic rings. The van der Waals surface area contributed by atoms with Crippen molar-refractivity contribution >= 4 is 0 Å². The van der Waals surface area contributed by atoms with Crippen molar-refractivity contribution in [3.8, 4) is 0 Å². The molecule has 1 fully saturated rings. The zero-order valence-electron chi connectivity index (χ0n) is 12.6. The second kappa shape index (κ2) is 7.09. The van der Waals surface area contributed by atoms with Gasteiger partial charge in [-0.2, -0.15) is 0 Å². The standard InChI is InChI=1S/C18H29N/c1-14(2)16-9-11-17(12-10-16)18(19)13-15-7-5-3-4-6-8-15/h9-12,14-15,18H,3-8,13,19H2,1-2H3. The molecule has 1 nitrogen and oxygen atoms in total. The Morgan fingerprint density at radius 2 is 1.47 bits per heavy atom. The van der Waals surface area contributed by atoms with Crippen LogP contribution in [0.5, 0.6) is 0 Å². The second-order valence-electron chi connectivity index (χ2n) is 6.52. The first-order valence-corrected chi connectivity index (χ1v) is 8.02. The number of benzene rings is 1. The van der Waals surface area contributed by atoms with Crippen LogP contribution in [0.25, 0.3) is 0 Å². The van der Waals surface area contributed by atoms with Gasteiger partial charge in [-0.25, -0.2) is 0 Å². The van der Waals surface area contributed by atoms with Crippen LogP contribution >= 0.6 is 0 Å². The molecule has 0 amide bonds. The van der Waals surface area contributed by atoms with E-state index in [1.165, 1.54) is 56.1 Å². The average Bonchev–Trinajstić information content (AvgIpc) is 2.67. The van der Waals surface area contributed by atoms with Gasteiger partial charge in [-0.3, -0.25) is 0 Å². The monoisotopic (exact) mass is 259 g/mol. The predicted octanol–water partition coefficient (Wildman–Crippen LogP) is 5.17. The minimum Gasteiger partial charge on any atom is -0.324 e. The minimum absolute atomic E-state index is 0.226. The lowest BCUT2D eigenvalue weighted by molar-refractivity contribution is 0.393. The largest absolute Gasteiger partial charge is 0.324 e. The van der Waals surface area contributed by atoms with E-state index in [0.29, 0.717) is 5.92 Å². The summed E-state index contributed by atoms with van der Waals surface area (Å²) in [7, 11) is 0. The first kappa shape index (κ1) is 14.6. The third kappa shape index (κ3) is 4.35. The quantitative estimate of drug-likeness (QED) is 0.742. The highest BCUT2D eigenvalue weighted by atomic mass is 14.6. The molecule has 1 heteroatoms. The smallest absolute Gasteiger partial charge is 0.0297 e. The zero-order valence-corrected chi connectivity index (χ0v) is 12.6. The summed E-state index contributed by atoms with van der Waals surface area (Å²) in [5, 5.41) is 0. The molecule has 106 valence electrons. The van der Waals surface area contributed by atoms with Gasteiger partial charge in [0.25, 0.3) is 0 Å². The van der Waals surface area contributed by atoms with Crippen LogP contribution in [0.3, 0.4) is 0 Å². The van der Waals surface area contributed by atoms with Crippen molar-refractivity contribution in [3.05, 3.63) is 35.4 Å². The van der Waals surface area contributed by atoms with Crippen LogP contribution in [0.1, 0.15) is 81.9 Å². The van der Waals surface area contributed by atoms with Crippen molar-refractivity contribution in [1.82, 2.24) is 0 Å². The van der Waals surface area contributed by atoms with Gasteiger partial charge in [-0.1, -0.05) is 76.6 Å². The fourth-order valence-corrected chi connectivity index (χ4v) is 3.22. The highest BCUT2D eigenvalue weighted by Crippen LogP contribution is 2.30. The Hall–Kier alpha value is -0.820. The fourth-order valence-electron chi connectivity index (χ4n) is 3.22. The summed E-state index contributed by atoms with van der Waals surface area (Å²) in [6, 6.07) is 9.18. The normalized spacial score (nSPS) is 19.4. The summed E-state index contributed by atoms with van der Waals surface area (Å²) < 4.78 is 0. The highest BCUT2D eigenvalue weighted by Gasteiger charge is 2.16. The molecule has 19 heavy (non-hydrogen) atoms. The average molecular weight is 259 g/mol. The molecule has 0 heterocycles. The molecular weight excluding hydrogens is 230 g/mol.